The summed E-state index contributed by atoms with van der Waals surface area (Å²) < 4.78 is 0. The van der Waals surface area contributed by atoms with Crippen LogP contribution in [0.3, 0.4) is 0 Å². The van der Waals surface area contributed by atoms with Crippen molar-refractivity contribution in [2.45, 2.75) is 0 Å². The van der Waals surface area contributed by atoms with Crippen LogP contribution in [-0.2, 0) is 7.05 Å². The molecule has 1 fully saturated rings. The van der Waals surface area contributed by atoms with Crippen LogP contribution in [-0.4, -0.2) is 63.4 Å². The van der Waals surface area contributed by atoms with Gasteiger partial charge in [0, 0.05) is 33.2 Å². The first-order chi connectivity index (χ1) is 8.20. The summed E-state index contributed by atoms with van der Waals surface area (Å²) >= 11 is 0. The first kappa shape index (κ1) is 11.5. The molecule has 7 heteroatoms. The number of aryl methyl sites for hydroxylation is 1. The minimum atomic E-state index is -0.0882. The lowest BCUT2D eigenvalue weighted by atomic mass is 10.3. The van der Waals surface area contributed by atoms with Gasteiger partial charge in [0.1, 0.15) is 0 Å². The summed E-state index contributed by atoms with van der Waals surface area (Å²) in [7, 11) is 1.68. The molecule has 1 aliphatic rings. The largest absolute Gasteiger partial charge is 0.335 e. The van der Waals surface area contributed by atoms with Gasteiger partial charge in [0.15, 0.2) is 5.69 Å². The van der Waals surface area contributed by atoms with Crippen LogP contribution in [0.4, 0.5) is 0 Å². The van der Waals surface area contributed by atoms with E-state index >= 15 is 0 Å². The predicted molar refractivity (Wildman–Crippen MR) is 59.0 cm³/mol. The van der Waals surface area contributed by atoms with Crippen molar-refractivity contribution in [1.82, 2.24) is 24.8 Å². The second-order valence-electron chi connectivity index (χ2n) is 3.95. The molecule has 0 unspecified atom stereocenters. The number of carbonyl (C=O) groups excluding carboxylic acids is 1. The molecule has 0 saturated carbocycles. The van der Waals surface area contributed by atoms with Crippen molar-refractivity contribution in [2.24, 2.45) is 7.05 Å². The van der Waals surface area contributed by atoms with Gasteiger partial charge < -0.3 is 4.90 Å². The van der Waals surface area contributed by atoms with E-state index in [-0.39, 0.29) is 5.91 Å². The molecule has 17 heavy (non-hydrogen) atoms. The summed E-state index contributed by atoms with van der Waals surface area (Å²) in [6, 6.07) is 2.11. The molecule has 2 heterocycles. The first-order valence-electron chi connectivity index (χ1n) is 5.45. The highest BCUT2D eigenvalue weighted by Crippen LogP contribution is 2.05. The fraction of sp³-hybridized carbons (Fsp3) is 0.600. The fourth-order valence-corrected chi connectivity index (χ4v) is 1.81. The minimum absolute atomic E-state index is 0.0882. The lowest BCUT2D eigenvalue weighted by molar-refractivity contribution is 0.0645. The smallest absolute Gasteiger partial charge is 0.276 e. The van der Waals surface area contributed by atoms with Crippen LogP contribution in [0.15, 0.2) is 6.20 Å². The van der Waals surface area contributed by atoms with Crippen LogP contribution in [0.1, 0.15) is 10.5 Å². The Kier molecular flexibility index (Phi) is 3.35. The van der Waals surface area contributed by atoms with Gasteiger partial charge in [-0.25, -0.2) is 0 Å². The summed E-state index contributed by atoms with van der Waals surface area (Å²) in [6.07, 6.45) is 1.48. The second-order valence-corrected chi connectivity index (χ2v) is 3.95. The highest BCUT2D eigenvalue weighted by Gasteiger charge is 2.23. The normalized spacial score (nSPS) is 16.8. The van der Waals surface area contributed by atoms with Crippen molar-refractivity contribution < 1.29 is 4.79 Å². The molecule has 1 amide bonds. The van der Waals surface area contributed by atoms with Crippen molar-refractivity contribution >= 4 is 5.91 Å². The third-order valence-corrected chi connectivity index (χ3v) is 2.77. The summed E-state index contributed by atoms with van der Waals surface area (Å²) in [5.74, 6) is -0.0882. The van der Waals surface area contributed by atoms with E-state index in [2.05, 4.69) is 16.3 Å². The van der Waals surface area contributed by atoms with Crippen LogP contribution in [0.25, 0.3) is 0 Å². The second kappa shape index (κ2) is 4.93. The SMILES string of the molecule is Cn1ncc(C(=O)N2CCN(CC#N)CC2)n1. The highest BCUT2D eigenvalue weighted by atomic mass is 16.2. The quantitative estimate of drug-likeness (QED) is 0.619. The van der Waals surface area contributed by atoms with Gasteiger partial charge in [-0.2, -0.15) is 15.2 Å². The molecule has 7 nitrogen and oxygen atoms in total. The molecule has 0 aromatic carbocycles. The van der Waals surface area contributed by atoms with Crippen molar-refractivity contribution in [2.75, 3.05) is 32.7 Å². The molecule has 1 aromatic rings. The fourth-order valence-electron chi connectivity index (χ4n) is 1.81. The van der Waals surface area contributed by atoms with Gasteiger partial charge in [0.25, 0.3) is 5.91 Å². The van der Waals surface area contributed by atoms with Gasteiger partial charge in [-0.1, -0.05) is 0 Å². The van der Waals surface area contributed by atoms with Crippen LogP contribution in [0.5, 0.6) is 0 Å². The van der Waals surface area contributed by atoms with E-state index in [1.807, 2.05) is 4.90 Å². The molecule has 0 aliphatic carbocycles. The topological polar surface area (TPSA) is 78.0 Å². The number of hydrogen-bond acceptors (Lipinski definition) is 5. The highest BCUT2D eigenvalue weighted by molar-refractivity contribution is 5.91. The summed E-state index contributed by atoms with van der Waals surface area (Å²) in [6.45, 7) is 3.17. The van der Waals surface area contributed by atoms with Gasteiger partial charge in [-0.05, 0) is 0 Å². The zero-order valence-electron chi connectivity index (χ0n) is 9.70. The lowest BCUT2D eigenvalue weighted by Gasteiger charge is -2.32. The zero-order chi connectivity index (χ0) is 12.3. The van der Waals surface area contributed by atoms with Crippen molar-refractivity contribution in [1.29, 1.82) is 5.26 Å². The Morgan fingerprint density at radius 2 is 2.18 bits per heavy atom. The Hall–Kier alpha value is -1.94. The van der Waals surface area contributed by atoms with E-state index in [9.17, 15) is 4.79 Å². The maximum Gasteiger partial charge on any atom is 0.276 e. The van der Waals surface area contributed by atoms with Gasteiger partial charge in [0.2, 0.25) is 0 Å². The van der Waals surface area contributed by atoms with E-state index in [4.69, 9.17) is 5.26 Å². The predicted octanol–water partition coefficient (Wildman–Crippen LogP) is -0.904. The summed E-state index contributed by atoms with van der Waals surface area (Å²) in [4.78, 5) is 17.2. The molecule has 90 valence electrons. The number of hydrogen-bond donors (Lipinski definition) is 0. The van der Waals surface area contributed by atoms with Gasteiger partial charge >= 0.3 is 0 Å². The van der Waals surface area contributed by atoms with E-state index in [0.29, 0.717) is 25.3 Å². The van der Waals surface area contributed by atoms with Gasteiger partial charge in [-0.15, -0.1) is 5.10 Å². The van der Waals surface area contributed by atoms with Crippen LogP contribution in [0.2, 0.25) is 0 Å². The third kappa shape index (κ3) is 2.60. The molecule has 1 aromatic heterocycles. The van der Waals surface area contributed by atoms with Crippen LogP contribution >= 0.6 is 0 Å². The van der Waals surface area contributed by atoms with Crippen molar-refractivity contribution in [3.05, 3.63) is 11.9 Å². The number of piperazine rings is 1. The average molecular weight is 234 g/mol. The number of carbonyl (C=O) groups is 1. The number of nitrogens with zero attached hydrogens (tertiary/aromatic N) is 6. The average Bonchev–Trinajstić information content (AvgIpc) is 2.76. The maximum atomic E-state index is 12.0. The molecule has 1 aliphatic heterocycles. The number of nitriles is 1. The monoisotopic (exact) mass is 234 g/mol. The summed E-state index contributed by atoms with van der Waals surface area (Å²) in [5.41, 5.74) is 0.376. The first-order valence-corrected chi connectivity index (χ1v) is 5.45. The number of amides is 1. The Balaban J connectivity index is 1.93. The molecule has 0 spiro atoms. The Labute approximate surface area is 99.2 Å². The molecular formula is C10H14N6O. The molecule has 0 atom stereocenters. The zero-order valence-corrected chi connectivity index (χ0v) is 9.70. The number of aromatic nitrogens is 3. The minimum Gasteiger partial charge on any atom is -0.335 e. The third-order valence-electron chi connectivity index (χ3n) is 2.77. The standard InChI is InChI=1S/C10H14N6O/c1-14-12-8-9(13-14)10(17)16-6-4-15(3-2-11)5-7-16/h8H,3-7H2,1H3. The molecular weight excluding hydrogens is 220 g/mol. The van der Waals surface area contributed by atoms with E-state index in [0.717, 1.165) is 13.1 Å². The van der Waals surface area contributed by atoms with Crippen LogP contribution < -0.4 is 0 Å². The summed E-state index contributed by atoms with van der Waals surface area (Å²) in [5, 5.41) is 16.5. The van der Waals surface area contributed by atoms with E-state index in [1.165, 1.54) is 11.0 Å². The van der Waals surface area contributed by atoms with Gasteiger partial charge in [0.05, 0.1) is 18.8 Å². The van der Waals surface area contributed by atoms with Gasteiger partial charge in [-0.3, -0.25) is 9.69 Å². The van der Waals surface area contributed by atoms with Crippen molar-refractivity contribution in [3.63, 3.8) is 0 Å². The van der Waals surface area contributed by atoms with Crippen molar-refractivity contribution in [3.8, 4) is 6.07 Å². The molecule has 1 saturated heterocycles. The molecule has 0 N–H and O–H groups in total. The Bertz CT molecular complexity index is 440. The van der Waals surface area contributed by atoms with E-state index in [1.54, 1.807) is 11.9 Å². The molecule has 0 radical (unpaired) electrons. The molecule has 0 bridgehead atoms. The number of rotatable bonds is 2. The maximum absolute atomic E-state index is 12.0. The lowest BCUT2D eigenvalue weighted by Crippen LogP contribution is -2.48. The van der Waals surface area contributed by atoms with Crippen LogP contribution in [0, 0.1) is 11.3 Å². The molecule has 2 rings (SSSR count). The Morgan fingerprint density at radius 1 is 1.47 bits per heavy atom. The Morgan fingerprint density at radius 3 is 2.71 bits per heavy atom. The van der Waals surface area contributed by atoms with E-state index < -0.39 is 0 Å².